The molecule has 0 aliphatic rings. The van der Waals surface area contributed by atoms with Crippen LogP contribution < -0.4 is 5.56 Å². The zero-order valence-electron chi connectivity index (χ0n) is 11.5. The molecule has 8 nitrogen and oxygen atoms in total. The number of benzene rings is 1. The molecule has 0 aliphatic carbocycles. The second-order valence-electron chi connectivity index (χ2n) is 4.17. The molecule has 2 aromatic rings. The summed E-state index contributed by atoms with van der Waals surface area (Å²) < 4.78 is 1.05. The lowest BCUT2D eigenvalue weighted by molar-refractivity contribution is -0.385. The highest BCUT2D eigenvalue weighted by molar-refractivity contribution is 7.71. The maximum absolute atomic E-state index is 11.8. The number of nitrogens with one attached hydrogen (secondary N) is 1. The van der Waals surface area contributed by atoms with Crippen molar-refractivity contribution in [1.82, 2.24) is 14.9 Å². The Morgan fingerprint density at radius 3 is 2.91 bits per heavy atom. The van der Waals surface area contributed by atoms with E-state index in [2.05, 4.69) is 15.3 Å². The first-order valence-electron chi connectivity index (χ1n) is 6.13. The van der Waals surface area contributed by atoms with E-state index in [1.807, 2.05) is 0 Å². The molecule has 22 heavy (non-hydrogen) atoms. The van der Waals surface area contributed by atoms with Gasteiger partial charge in [0.25, 0.3) is 11.2 Å². The molecule has 9 heteroatoms. The van der Waals surface area contributed by atoms with Crippen molar-refractivity contribution >= 4 is 30.2 Å². The van der Waals surface area contributed by atoms with Crippen LogP contribution in [0, 0.1) is 21.8 Å². The van der Waals surface area contributed by atoms with E-state index in [1.165, 1.54) is 31.4 Å². The third kappa shape index (κ3) is 3.38. The number of nitro benzene ring substituents is 1. The lowest BCUT2D eigenvalue weighted by Crippen LogP contribution is -2.22. The number of aromatic amines is 1. The number of aromatic nitrogens is 3. The van der Waals surface area contributed by atoms with E-state index in [0.29, 0.717) is 5.56 Å². The van der Waals surface area contributed by atoms with Gasteiger partial charge in [-0.3, -0.25) is 20.0 Å². The summed E-state index contributed by atoms with van der Waals surface area (Å²) in [5, 5.41) is 21.0. The van der Waals surface area contributed by atoms with E-state index in [9.17, 15) is 14.9 Å². The molecule has 1 aromatic carbocycles. The quantitative estimate of drug-likeness (QED) is 0.402. The summed E-state index contributed by atoms with van der Waals surface area (Å²) in [6, 6.07) is 6.29. The first-order chi connectivity index (χ1) is 10.5. The molecule has 1 heterocycles. The van der Waals surface area contributed by atoms with Gasteiger partial charge < -0.3 is 0 Å². The van der Waals surface area contributed by atoms with Crippen molar-refractivity contribution in [2.24, 2.45) is 5.10 Å². The van der Waals surface area contributed by atoms with Crippen LogP contribution in [-0.2, 0) is 0 Å². The Morgan fingerprint density at radius 1 is 1.45 bits per heavy atom. The normalized spacial score (nSPS) is 11.3. The number of rotatable bonds is 4. The molecule has 1 aromatic heterocycles. The molecule has 0 bridgehead atoms. The average Bonchev–Trinajstić information content (AvgIpc) is 2.50. The zero-order chi connectivity index (χ0) is 16.1. The number of hydrogen-bond donors (Lipinski definition) is 1. The number of aryl methyl sites for hydroxylation is 1. The van der Waals surface area contributed by atoms with Crippen LogP contribution in [-0.4, -0.2) is 26.0 Å². The number of hydrogen-bond acceptors (Lipinski definition) is 6. The van der Waals surface area contributed by atoms with E-state index in [0.717, 1.165) is 4.68 Å². The second kappa shape index (κ2) is 6.68. The first-order valence-corrected chi connectivity index (χ1v) is 6.54. The predicted molar refractivity (Wildman–Crippen MR) is 84.4 cm³/mol. The van der Waals surface area contributed by atoms with Gasteiger partial charge in [-0.15, -0.1) is 0 Å². The summed E-state index contributed by atoms with van der Waals surface area (Å²) in [6.07, 6.45) is 4.33. The van der Waals surface area contributed by atoms with E-state index in [4.69, 9.17) is 12.2 Å². The van der Waals surface area contributed by atoms with Crippen LogP contribution >= 0.6 is 12.2 Å². The highest BCUT2D eigenvalue weighted by atomic mass is 32.1. The second-order valence-corrected chi connectivity index (χ2v) is 4.56. The summed E-state index contributed by atoms with van der Waals surface area (Å²) >= 11 is 4.91. The van der Waals surface area contributed by atoms with Crippen LogP contribution in [0.15, 0.2) is 40.2 Å². The van der Waals surface area contributed by atoms with Gasteiger partial charge in [0.05, 0.1) is 10.5 Å². The lowest BCUT2D eigenvalue weighted by Gasteiger charge is -1.97. The number of para-hydroxylation sites is 1. The Morgan fingerprint density at radius 2 is 2.18 bits per heavy atom. The van der Waals surface area contributed by atoms with E-state index >= 15 is 0 Å². The number of H-pyrrole nitrogens is 1. The minimum Gasteiger partial charge on any atom is -0.265 e. The minimum atomic E-state index is -0.468. The van der Waals surface area contributed by atoms with Gasteiger partial charge in [-0.1, -0.05) is 12.1 Å². The van der Waals surface area contributed by atoms with Crippen LogP contribution in [0.3, 0.4) is 0 Å². The van der Waals surface area contributed by atoms with Crippen molar-refractivity contribution in [3.05, 3.63) is 66.8 Å². The van der Waals surface area contributed by atoms with Crippen molar-refractivity contribution in [2.75, 3.05) is 0 Å². The van der Waals surface area contributed by atoms with Gasteiger partial charge in [0.2, 0.25) is 4.77 Å². The fourth-order valence-electron chi connectivity index (χ4n) is 1.62. The van der Waals surface area contributed by atoms with Crippen molar-refractivity contribution < 1.29 is 4.92 Å². The van der Waals surface area contributed by atoms with Gasteiger partial charge in [0.1, 0.15) is 5.69 Å². The Kier molecular flexibility index (Phi) is 4.69. The summed E-state index contributed by atoms with van der Waals surface area (Å²) in [5.74, 6) is 0. The number of nitrogens with zero attached hydrogens (tertiary/aromatic N) is 4. The Bertz CT molecular complexity index is 882. The Balaban J connectivity index is 2.28. The molecular formula is C13H11N5O3S. The molecular weight excluding hydrogens is 306 g/mol. The molecule has 0 spiro atoms. The molecule has 0 fully saturated rings. The average molecular weight is 317 g/mol. The van der Waals surface area contributed by atoms with Crippen LogP contribution in [0.4, 0.5) is 5.69 Å². The van der Waals surface area contributed by atoms with Crippen LogP contribution in [0.1, 0.15) is 11.3 Å². The fourth-order valence-corrected chi connectivity index (χ4v) is 1.80. The van der Waals surface area contributed by atoms with Crippen LogP contribution in [0.5, 0.6) is 0 Å². The van der Waals surface area contributed by atoms with Gasteiger partial charge in [-0.05, 0) is 37.4 Å². The molecule has 0 unspecified atom stereocenters. The van der Waals surface area contributed by atoms with Gasteiger partial charge in [-0.2, -0.15) is 14.9 Å². The molecule has 2 rings (SSSR count). The monoisotopic (exact) mass is 317 g/mol. The number of allylic oxidation sites excluding steroid dienone is 1. The number of nitro groups is 1. The lowest BCUT2D eigenvalue weighted by atomic mass is 10.2. The molecule has 0 saturated carbocycles. The van der Waals surface area contributed by atoms with E-state index in [-0.39, 0.29) is 16.2 Å². The van der Waals surface area contributed by atoms with Crippen molar-refractivity contribution in [1.29, 1.82) is 0 Å². The zero-order valence-corrected chi connectivity index (χ0v) is 12.3. The topological polar surface area (TPSA) is 106 Å². The smallest absolute Gasteiger partial charge is 0.265 e. The third-order valence-electron chi connectivity index (χ3n) is 2.69. The predicted octanol–water partition coefficient (Wildman–Crippen LogP) is 2.06. The standard InChI is InChI=1S/C13H11N5O3S/c1-9-12(19)17(13(22)16-15-9)14-8-4-6-10-5-2-3-7-11(10)18(20)21/h2-8H,1H3,(H,16,22). The largest absolute Gasteiger partial charge is 0.296 e. The van der Waals surface area contributed by atoms with Gasteiger partial charge >= 0.3 is 0 Å². The van der Waals surface area contributed by atoms with E-state index in [1.54, 1.807) is 18.2 Å². The summed E-state index contributed by atoms with van der Waals surface area (Å²) in [6.45, 7) is 1.53. The summed E-state index contributed by atoms with van der Waals surface area (Å²) in [4.78, 5) is 22.2. The Labute approximate surface area is 129 Å². The van der Waals surface area contributed by atoms with Crippen LogP contribution in [0.2, 0.25) is 0 Å². The maximum Gasteiger partial charge on any atom is 0.296 e. The maximum atomic E-state index is 11.8. The minimum absolute atomic E-state index is 0.0126. The van der Waals surface area contributed by atoms with Crippen molar-refractivity contribution in [2.45, 2.75) is 6.92 Å². The van der Waals surface area contributed by atoms with Crippen molar-refractivity contribution in [3.8, 4) is 0 Å². The molecule has 0 radical (unpaired) electrons. The highest BCUT2D eigenvalue weighted by Gasteiger charge is 2.08. The van der Waals surface area contributed by atoms with Gasteiger partial charge in [0.15, 0.2) is 0 Å². The van der Waals surface area contributed by atoms with Crippen molar-refractivity contribution in [3.63, 3.8) is 0 Å². The third-order valence-corrected chi connectivity index (χ3v) is 2.96. The highest BCUT2D eigenvalue weighted by Crippen LogP contribution is 2.18. The molecule has 0 amide bonds. The van der Waals surface area contributed by atoms with Crippen LogP contribution in [0.25, 0.3) is 6.08 Å². The summed E-state index contributed by atoms with van der Waals surface area (Å²) in [5.41, 5.74) is 0.219. The molecule has 0 aliphatic heterocycles. The Hall–Kier alpha value is -2.94. The van der Waals surface area contributed by atoms with Gasteiger partial charge in [0, 0.05) is 12.3 Å². The molecule has 0 atom stereocenters. The molecule has 0 saturated heterocycles. The SMILES string of the molecule is Cc1n[nH]c(=S)n(N=CC=Cc2ccccc2[N+](=O)[O-])c1=O. The molecule has 112 valence electrons. The van der Waals surface area contributed by atoms with Gasteiger partial charge in [-0.25, -0.2) is 0 Å². The fraction of sp³-hybridized carbons (Fsp3) is 0.0769. The summed E-state index contributed by atoms with van der Waals surface area (Å²) in [7, 11) is 0. The molecule has 1 N–H and O–H groups in total. The first kappa shape index (κ1) is 15.4. The van der Waals surface area contributed by atoms with E-state index < -0.39 is 10.5 Å².